The topological polar surface area (TPSA) is 101 Å². The van der Waals surface area contributed by atoms with Gasteiger partial charge in [-0.2, -0.15) is 0 Å². The van der Waals surface area contributed by atoms with E-state index in [1.807, 2.05) is 0 Å². The standard InChI is InChI=1S/C6H11BrO5/c7-1-2(8)4(10)6(12)5(11)3(1)9/h1-6,8-12H. The van der Waals surface area contributed by atoms with Gasteiger partial charge in [0.15, 0.2) is 0 Å². The van der Waals surface area contributed by atoms with Gasteiger partial charge in [0.1, 0.15) is 18.3 Å². The number of rotatable bonds is 0. The van der Waals surface area contributed by atoms with E-state index < -0.39 is 35.3 Å². The van der Waals surface area contributed by atoms with Gasteiger partial charge in [0.05, 0.1) is 17.0 Å². The van der Waals surface area contributed by atoms with Crippen LogP contribution in [0.1, 0.15) is 0 Å². The molecule has 1 aliphatic carbocycles. The summed E-state index contributed by atoms with van der Waals surface area (Å²) in [6, 6.07) is 0. The maximum Gasteiger partial charge on any atom is 0.111 e. The zero-order valence-corrected chi connectivity index (χ0v) is 7.66. The Morgan fingerprint density at radius 1 is 0.583 bits per heavy atom. The molecule has 12 heavy (non-hydrogen) atoms. The lowest BCUT2D eigenvalue weighted by atomic mass is 9.87. The summed E-state index contributed by atoms with van der Waals surface area (Å²) < 4.78 is 0. The minimum absolute atomic E-state index is 0.828. The molecule has 0 saturated heterocycles. The van der Waals surface area contributed by atoms with Crippen molar-refractivity contribution in [1.82, 2.24) is 0 Å². The molecule has 0 aromatic rings. The number of hydrogen-bond donors (Lipinski definition) is 5. The molecule has 1 aliphatic rings. The van der Waals surface area contributed by atoms with Gasteiger partial charge in [-0.3, -0.25) is 0 Å². The van der Waals surface area contributed by atoms with E-state index in [0.717, 1.165) is 0 Å². The lowest BCUT2D eigenvalue weighted by molar-refractivity contribution is -0.171. The summed E-state index contributed by atoms with van der Waals surface area (Å²) >= 11 is 2.90. The van der Waals surface area contributed by atoms with Crippen LogP contribution in [0.15, 0.2) is 0 Å². The number of aliphatic hydroxyl groups is 5. The third-order valence-electron chi connectivity index (χ3n) is 2.05. The summed E-state index contributed by atoms with van der Waals surface area (Å²) in [6.45, 7) is 0. The number of aliphatic hydroxyl groups excluding tert-OH is 5. The van der Waals surface area contributed by atoms with Crippen LogP contribution in [0.25, 0.3) is 0 Å². The molecule has 0 bridgehead atoms. The van der Waals surface area contributed by atoms with Gasteiger partial charge in [-0.1, -0.05) is 15.9 Å². The van der Waals surface area contributed by atoms with E-state index in [4.69, 9.17) is 15.3 Å². The quantitative estimate of drug-likeness (QED) is 0.304. The van der Waals surface area contributed by atoms with Crippen LogP contribution in [0.3, 0.4) is 0 Å². The summed E-state index contributed by atoms with van der Waals surface area (Å²) in [7, 11) is 0. The van der Waals surface area contributed by atoms with Gasteiger partial charge < -0.3 is 25.5 Å². The van der Waals surface area contributed by atoms with Crippen LogP contribution in [-0.4, -0.2) is 60.9 Å². The maximum absolute atomic E-state index is 9.18. The van der Waals surface area contributed by atoms with Gasteiger partial charge in [-0.25, -0.2) is 0 Å². The molecular weight excluding hydrogens is 232 g/mol. The largest absolute Gasteiger partial charge is 0.389 e. The molecule has 72 valence electrons. The molecule has 4 atom stereocenters. The minimum atomic E-state index is -1.51. The second kappa shape index (κ2) is 3.57. The molecule has 0 aliphatic heterocycles. The second-order valence-corrected chi connectivity index (χ2v) is 3.95. The molecule has 5 nitrogen and oxygen atoms in total. The van der Waals surface area contributed by atoms with Crippen LogP contribution in [0.5, 0.6) is 0 Å². The van der Waals surface area contributed by atoms with Gasteiger partial charge in [0.2, 0.25) is 0 Å². The number of halogens is 1. The molecule has 0 amide bonds. The van der Waals surface area contributed by atoms with Crippen molar-refractivity contribution in [2.45, 2.75) is 35.3 Å². The molecule has 6 heteroatoms. The Morgan fingerprint density at radius 3 is 1.17 bits per heavy atom. The Balaban J connectivity index is 2.76. The summed E-state index contributed by atoms with van der Waals surface area (Å²) in [4.78, 5) is -0.828. The summed E-state index contributed by atoms with van der Waals surface area (Å²) in [5.41, 5.74) is 0. The van der Waals surface area contributed by atoms with E-state index in [1.165, 1.54) is 0 Å². The molecule has 0 heterocycles. The summed E-state index contributed by atoms with van der Waals surface area (Å²) in [6.07, 6.45) is -6.94. The fourth-order valence-electron chi connectivity index (χ4n) is 1.18. The zero-order valence-electron chi connectivity index (χ0n) is 6.08. The van der Waals surface area contributed by atoms with E-state index >= 15 is 0 Å². The number of alkyl halides is 1. The highest BCUT2D eigenvalue weighted by Crippen LogP contribution is 2.26. The minimum Gasteiger partial charge on any atom is -0.389 e. The Bertz CT molecular complexity index is 107. The van der Waals surface area contributed by atoms with Crippen molar-refractivity contribution in [3.8, 4) is 0 Å². The molecule has 1 saturated carbocycles. The Hall–Kier alpha value is 0.280. The molecule has 0 aromatic heterocycles. The third-order valence-corrected chi connectivity index (χ3v) is 3.14. The van der Waals surface area contributed by atoms with E-state index in [0.29, 0.717) is 0 Å². The average Bonchev–Trinajstić information content (AvgIpc) is 2.08. The van der Waals surface area contributed by atoms with E-state index in [1.54, 1.807) is 0 Å². The van der Waals surface area contributed by atoms with E-state index in [2.05, 4.69) is 15.9 Å². The van der Waals surface area contributed by atoms with Crippen LogP contribution in [0, 0.1) is 0 Å². The average molecular weight is 243 g/mol. The van der Waals surface area contributed by atoms with Crippen molar-refractivity contribution in [2.75, 3.05) is 0 Å². The van der Waals surface area contributed by atoms with Crippen molar-refractivity contribution >= 4 is 15.9 Å². The first-order chi connectivity index (χ1) is 5.46. The SMILES string of the molecule is OC1C(O)C(O)C(Br)C(O)C1O. The fourth-order valence-corrected chi connectivity index (χ4v) is 1.81. The number of hydrogen-bond acceptors (Lipinski definition) is 5. The molecular formula is C6H11BrO5. The molecule has 0 spiro atoms. The highest BCUT2D eigenvalue weighted by atomic mass is 79.9. The van der Waals surface area contributed by atoms with Crippen LogP contribution >= 0.6 is 15.9 Å². The van der Waals surface area contributed by atoms with Crippen LogP contribution in [0.2, 0.25) is 0 Å². The fraction of sp³-hybridized carbons (Fsp3) is 1.00. The Morgan fingerprint density at radius 2 is 0.833 bits per heavy atom. The lowest BCUT2D eigenvalue weighted by Gasteiger charge is -2.39. The predicted octanol–water partition coefficient (Wildman–Crippen LogP) is -2.43. The van der Waals surface area contributed by atoms with Crippen LogP contribution in [0.4, 0.5) is 0 Å². The van der Waals surface area contributed by atoms with Gasteiger partial charge >= 0.3 is 0 Å². The maximum atomic E-state index is 9.18. The molecule has 5 N–H and O–H groups in total. The van der Waals surface area contributed by atoms with Gasteiger partial charge in [0.25, 0.3) is 0 Å². The normalized spacial score (nSPS) is 55.5. The first-order valence-electron chi connectivity index (χ1n) is 3.51. The van der Waals surface area contributed by atoms with E-state index in [9.17, 15) is 10.2 Å². The Labute approximate surface area is 77.4 Å². The van der Waals surface area contributed by atoms with Crippen molar-refractivity contribution < 1.29 is 25.5 Å². The molecule has 0 radical (unpaired) electrons. The van der Waals surface area contributed by atoms with Crippen molar-refractivity contribution in [3.05, 3.63) is 0 Å². The van der Waals surface area contributed by atoms with Crippen molar-refractivity contribution in [2.24, 2.45) is 0 Å². The lowest BCUT2D eigenvalue weighted by Crippen LogP contribution is -2.61. The monoisotopic (exact) mass is 242 g/mol. The predicted molar refractivity (Wildman–Crippen MR) is 42.7 cm³/mol. The summed E-state index contributed by atoms with van der Waals surface area (Å²) in [5, 5.41) is 45.6. The second-order valence-electron chi connectivity index (χ2n) is 2.90. The highest BCUT2D eigenvalue weighted by Gasteiger charge is 2.46. The van der Waals surface area contributed by atoms with Crippen LogP contribution in [-0.2, 0) is 0 Å². The smallest absolute Gasteiger partial charge is 0.111 e. The molecule has 0 aromatic carbocycles. The molecule has 4 unspecified atom stereocenters. The highest BCUT2D eigenvalue weighted by molar-refractivity contribution is 9.09. The van der Waals surface area contributed by atoms with Crippen LogP contribution < -0.4 is 0 Å². The first kappa shape index (κ1) is 10.4. The van der Waals surface area contributed by atoms with Gasteiger partial charge in [-0.15, -0.1) is 0 Å². The van der Waals surface area contributed by atoms with E-state index in [-0.39, 0.29) is 0 Å². The molecule has 1 rings (SSSR count). The first-order valence-corrected chi connectivity index (χ1v) is 4.42. The Kier molecular flexibility index (Phi) is 3.08. The van der Waals surface area contributed by atoms with Gasteiger partial charge in [0, 0.05) is 0 Å². The van der Waals surface area contributed by atoms with Crippen molar-refractivity contribution in [3.63, 3.8) is 0 Å². The molecule has 1 fully saturated rings. The zero-order chi connectivity index (χ0) is 9.46. The third kappa shape index (κ3) is 1.50. The summed E-state index contributed by atoms with van der Waals surface area (Å²) in [5.74, 6) is 0. The van der Waals surface area contributed by atoms with Crippen molar-refractivity contribution in [1.29, 1.82) is 0 Å². The van der Waals surface area contributed by atoms with Gasteiger partial charge in [-0.05, 0) is 0 Å².